The van der Waals surface area contributed by atoms with Crippen molar-refractivity contribution >= 4 is 11.9 Å². The average Bonchev–Trinajstić information content (AvgIpc) is 2.73. The van der Waals surface area contributed by atoms with Crippen molar-refractivity contribution in [2.75, 3.05) is 6.61 Å². The van der Waals surface area contributed by atoms with Crippen molar-refractivity contribution in [1.82, 2.24) is 0 Å². The molecule has 1 aliphatic carbocycles. The molecule has 32 heavy (non-hydrogen) atoms. The van der Waals surface area contributed by atoms with Gasteiger partial charge in [-0.3, -0.25) is 0 Å². The van der Waals surface area contributed by atoms with Crippen LogP contribution in [-0.2, 0) is 11.2 Å². The minimum absolute atomic E-state index is 0.115. The molecule has 4 heteroatoms. The van der Waals surface area contributed by atoms with E-state index in [1.54, 1.807) is 12.1 Å². The van der Waals surface area contributed by atoms with Gasteiger partial charge in [-0.1, -0.05) is 116 Å². The maximum Gasteiger partial charge on any atom is 0.339 e. The molecule has 1 N–H and O–H groups in total. The molecule has 1 aromatic rings. The first-order chi connectivity index (χ1) is 15.6. The number of hydrogen-bond acceptors (Lipinski definition) is 3. The molecule has 2 rings (SSSR count). The van der Waals surface area contributed by atoms with Gasteiger partial charge >= 0.3 is 11.9 Å². The van der Waals surface area contributed by atoms with Crippen LogP contribution in [0.2, 0.25) is 0 Å². The van der Waals surface area contributed by atoms with Crippen LogP contribution < -0.4 is 0 Å². The number of esters is 1. The Morgan fingerprint density at radius 1 is 0.781 bits per heavy atom. The van der Waals surface area contributed by atoms with Crippen LogP contribution in [0.5, 0.6) is 0 Å². The highest BCUT2D eigenvalue weighted by Crippen LogP contribution is 2.20. The molecule has 0 unspecified atom stereocenters. The largest absolute Gasteiger partial charge is 0.478 e. The highest BCUT2D eigenvalue weighted by molar-refractivity contribution is 6.03. The lowest BCUT2D eigenvalue weighted by Crippen LogP contribution is -2.15. The highest BCUT2D eigenvalue weighted by atomic mass is 16.5. The Bertz CT molecular complexity index is 630. The first-order valence-corrected chi connectivity index (χ1v) is 13.1. The molecule has 0 saturated heterocycles. The number of aromatic carboxylic acids is 1. The van der Waals surface area contributed by atoms with E-state index in [1.807, 2.05) is 6.07 Å². The van der Waals surface area contributed by atoms with E-state index in [2.05, 4.69) is 13.8 Å². The quantitative estimate of drug-likeness (QED) is 0.205. The third-order valence-electron chi connectivity index (χ3n) is 6.12. The number of rotatable bonds is 16. The standard InChI is InChI=1S/C24H38O4.C4H8/c1-3-5-7-9-11-13-16-20-17-15-18-21(22(20)23(25)26)24(27)28-19-14-12-10-8-6-4-2;1-2-4-3-1/h15,17-18H,3-14,16,19H2,1-2H3,(H,25,26);1-4H2. The van der Waals surface area contributed by atoms with Crippen molar-refractivity contribution in [3.05, 3.63) is 34.9 Å². The topological polar surface area (TPSA) is 63.6 Å². The maximum atomic E-state index is 12.4. The van der Waals surface area contributed by atoms with Gasteiger partial charge in [0.05, 0.1) is 17.7 Å². The van der Waals surface area contributed by atoms with E-state index in [0.717, 1.165) is 37.7 Å². The molecule has 0 aromatic heterocycles. The molecule has 0 atom stereocenters. The number of carbonyl (C=O) groups is 2. The Balaban J connectivity index is 0.00000114. The molecule has 0 amide bonds. The van der Waals surface area contributed by atoms with Crippen LogP contribution in [0.25, 0.3) is 0 Å². The molecule has 1 aliphatic rings. The summed E-state index contributed by atoms with van der Waals surface area (Å²) in [6.45, 7) is 4.73. The Hall–Kier alpha value is -1.84. The summed E-state index contributed by atoms with van der Waals surface area (Å²) in [7, 11) is 0. The SMILES string of the molecule is C1CCC1.CCCCCCCCOC(=O)c1cccc(CCCCCCCC)c1C(=O)O. The van der Waals surface area contributed by atoms with Gasteiger partial charge in [0.15, 0.2) is 0 Å². The van der Waals surface area contributed by atoms with Crippen molar-refractivity contribution in [2.45, 2.75) is 123 Å². The molecule has 0 bridgehead atoms. The van der Waals surface area contributed by atoms with E-state index in [9.17, 15) is 14.7 Å². The minimum Gasteiger partial charge on any atom is -0.478 e. The lowest BCUT2D eigenvalue weighted by Gasteiger charge is -2.12. The second-order valence-electron chi connectivity index (χ2n) is 8.98. The van der Waals surface area contributed by atoms with Crippen LogP contribution in [0.4, 0.5) is 0 Å². The fourth-order valence-corrected chi connectivity index (χ4v) is 3.70. The highest BCUT2D eigenvalue weighted by Gasteiger charge is 2.21. The lowest BCUT2D eigenvalue weighted by atomic mass is 9.96. The number of carbonyl (C=O) groups excluding carboxylic acids is 1. The number of benzene rings is 1. The van der Waals surface area contributed by atoms with Crippen molar-refractivity contribution in [1.29, 1.82) is 0 Å². The molecule has 0 aliphatic heterocycles. The van der Waals surface area contributed by atoms with Crippen LogP contribution in [0.1, 0.15) is 143 Å². The fourth-order valence-electron chi connectivity index (χ4n) is 3.70. The van der Waals surface area contributed by atoms with E-state index in [4.69, 9.17) is 4.74 Å². The van der Waals surface area contributed by atoms with E-state index in [0.29, 0.717) is 13.0 Å². The Kier molecular flexibility index (Phi) is 16.5. The van der Waals surface area contributed by atoms with E-state index in [-0.39, 0.29) is 11.1 Å². The normalized spacial score (nSPS) is 12.4. The number of unbranched alkanes of at least 4 members (excludes halogenated alkanes) is 10. The number of aryl methyl sites for hydroxylation is 1. The first kappa shape index (κ1) is 28.2. The summed E-state index contributed by atoms with van der Waals surface area (Å²) in [6, 6.07) is 5.15. The van der Waals surface area contributed by atoms with Gasteiger partial charge in [-0.2, -0.15) is 0 Å². The summed E-state index contributed by atoms with van der Waals surface area (Å²) >= 11 is 0. The van der Waals surface area contributed by atoms with Crippen molar-refractivity contribution in [3.8, 4) is 0 Å². The summed E-state index contributed by atoms with van der Waals surface area (Å²) in [5.41, 5.74) is 1.03. The summed E-state index contributed by atoms with van der Waals surface area (Å²) < 4.78 is 5.35. The molecule has 0 spiro atoms. The number of hydrogen-bond donors (Lipinski definition) is 1. The number of carboxylic acid groups (broad SMARTS) is 1. The number of carboxylic acids is 1. The van der Waals surface area contributed by atoms with E-state index >= 15 is 0 Å². The first-order valence-electron chi connectivity index (χ1n) is 13.1. The van der Waals surface area contributed by atoms with Gasteiger partial charge in [0.25, 0.3) is 0 Å². The smallest absolute Gasteiger partial charge is 0.339 e. The van der Waals surface area contributed by atoms with Crippen LogP contribution in [-0.4, -0.2) is 23.7 Å². The number of ether oxygens (including phenoxy) is 1. The second-order valence-corrected chi connectivity index (χ2v) is 8.98. The van der Waals surface area contributed by atoms with Gasteiger partial charge in [-0.25, -0.2) is 9.59 Å². The summed E-state index contributed by atoms with van der Waals surface area (Å²) in [5.74, 6) is -1.57. The van der Waals surface area contributed by atoms with Gasteiger partial charge in [-0.15, -0.1) is 0 Å². The third kappa shape index (κ3) is 12.3. The van der Waals surface area contributed by atoms with Gasteiger partial charge in [0, 0.05) is 0 Å². The average molecular weight is 447 g/mol. The van der Waals surface area contributed by atoms with Crippen molar-refractivity contribution in [2.24, 2.45) is 0 Å². The van der Waals surface area contributed by atoms with Crippen molar-refractivity contribution in [3.63, 3.8) is 0 Å². The van der Waals surface area contributed by atoms with Crippen molar-refractivity contribution < 1.29 is 19.4 Å². The van der Waals surface area contributed by atoms with E-state index < -0.39 is 11.9 Å². The predicted molar refractivity (Wildman–Crippen MR) is 133 cm³/mol. The van der Waals surface area contributed by atoms with Gasteiger partial charge < -0.3 is 9.84 Å². The lowest BCUT2D eigenvalue weighted by molar-refractivity contribution is 0.0487. The molecule has 0 heterocycles. The van der Waals surface area contributed by atoms with Crippen LogP contribution in [0, 0.1) is 0 Å². The molecule has 182 valence electrons. The van der Waals surface area contributed by atoms with Gasteiger partial charge in [0.2, 0.25) is 0 Å². The molecule has 4 nitrogen and oxygen atoms in total. The van der Waals surface area contributed by atoms with E-state index in [1.165, 1.54) is 70.6 Å². The Labute approximate surface area is 196 Å². The van der Waals surface area contributed by atoms with Crippen LogP contribution in [0.15, 0.2) is 18.2 Å². The fraction of sp³-hybridized carbons (Fsp3) is 0.714. The summed E-state index contributed by atoms with van der Waals surface area (Å²) in [4.78, 5) is 24.2. The summed E-state index contributed by atoms with van der Waals surface area (Å²) in [6.07, 6.45) is 20.3. The van der Waals surface area contributed by atoms with Crippen LogP contribution in [0.3, 0.4) is 0 Å². The minimum atomic E-state index is -1.05. The van der Waals surface area contributed by atoms with Crippen LogP contribution >= 0.6 is 0 Å². The maximum absolute atomic E-state index is 12.4. The Morgan fingerprint density at radius 2 is 1.31 bits per heavy atom. The molecule has 1 aromatic carbocycles. The Morgan fingerprint density at radius 3 is 1.84 bits per heavy atom. The summed E-state index contributed by atoms with van der Waals surface area (Å²) in [5, 5.41) is 9.65. The van der Waals surface area contributed by atoms with Gasteiger partial charge in [-0.05, 0) is 30.9 Å². The zero-order valence-electron chi connectivity index (χ0n) is 20.6. The third-order valence-corrected chi connectivity index (χ3v) is 6.12. The predicted octanol–water partition coefficient (Wildman–Crippen LogP) is 8.37. The van der Waals surface area contributed by atoms with Gasteiger partial charge in [0.1, 0.15) is 0 Å². The zero-order chi connectivity index (χ0) is 23.4. The monoisotopic (exact) mass is 446 g/mol. The second kappa shape index (κ2) is 18.7. The molecule has 0 radical (unpaired) electrons. The molecule has 1 fully saturated rings. The molecular formula is C28H46O4. The molecular weight excluding hydrogens is 400 g/mol. The zero-order valence-corrected chi connectivity index (χ0v) is 20.6. The molecule has 1 saturated carbocycles.